The molecule has 0 spiro atoms. The molecule has 5 heteroatoms. The van der Waals surface area contributed by atoms with Crippen LogP contribution in [0.1, 0.15) is 44.0 Å². The van der Waals surface area contributed by atoms with E-state index in [1.54, 1.807) is 12.4 Å². The zero-order valence-electron chi connectivity index (χ0n) is 20.0. The number of hydrogen-bond acceptors (Lipinski definition) is 3. The largest absolute Gasteiger partial charge is 0.348 e. The maximum atomic E-state index is 12.6. The minimum atomic E-state index is -0.0858. The molecule has 35 heavy (non-hydrogen) atoms. The van der Waals surface area contributed by atoms with Gasteiger partial charge in [-0.25, -0.2) is 4.98 Å². The summed E-state index contributed by atoms with van der Waals surface area (Å²) in [6.07, 6.45) is 4.22. The van der Waals surface area contributed by atoms with Gasteiger partial charge in [-0.1, -0.05) is 42.5 Å². The highest BCUT2D eigenvalue weighted by Crippen LogP contribution is 2.24. The smallest absolute Gasteiger partial charge is 0.251 e. The van der Waals surface area contributed by atoms with Crippen LogP contribution < -0.4 is 5.32 Å². The average Bonchev–Trinajstić information content (AvgIpc) is 3.19. The first-order chi connectivity index (χ1) is 17.1. The molecule has 0 fully saturated rings. The standard InChI is InChI=1S/C30H28N4O/c1-21-16-27-28(17-22(21)2)34(29(33-27)18-23-6-4-3-5-7-23)20-25-8-10-26(11-9-25)30(35)32-19-24-12-14-31-15-13-24/h3-17H,18-20H2,1-2H3,(H,32,35). The van der Waals surface area contributed by atoms with E-state index in [1.807, 2.05) is 42.5 Å². The molecule has 0 atom stereocenters. The van der Waals surface area contributed by atoms with Crippen LogP contribution in [0.4, 0.5) is 0 Å². The number of nitrogens with one attached hydrogen (secondary N) is 1. The normalized spacial score (nSPS) is 11.0. The molecule has 1 amide bonds. The van der Waals surface area contributed by atoms with E-state index in [2.05, 4.69) is 65.1 Å². The van der Waals surface area contributed by atoms with Crippen LogP contribution in [0.5, 0.6) is 0 Å². The Kier molecular flexibility index (Phi) is 6.40. The molecule has 2 aromatic heterocycles. The first-order valence-corrected chi connectivity index (χ1v) is 11.8. The van der Waals surface area contributed by atoms with Crippen molar-refractivity contribution >= 4 is 16.9 Å². The van der Waals surface area contributed by atoms with E-state index in [4.69, 9.17) is 4.98 Å². The minimum Gasteiger partial charge on any atom is -0.348 e. The van der Waals surface area contributed by atoms with E-state index in [0.717, 1.165) is 34.4 Å². The summed E-state index contributed by atoms with van der Waals surface area (Å²) in [5.74, 6) is 0.952. The number of benzene rings is 3. The van der Waals surface area contributed by atoms with Crippen molar-refractivity contribution < 1.29 is 4.79 Å². The summed E-state index contributed by atoms with van der Waals surface area (Å²) < 4.78 is 2.30. The molecule has 0 radical (unpaired) electrons. The lowest BCUT2D eigenvalue weighted by Gasteiger charge is -2.11. The van der Waals surface area contributed by atoms with Gasteiger partial charge in [-0.05, 0) is 78.1 Å². The first kappa shape index (κ1) is 22.5. The molecule has 0 bridgehead atoms. The number of amides is 1. The van der Waals surface area contributed by atoms with Crippen molar-refractivity contribution in [1.29, 1.82) is 0 Å². The van der Waals surface area contributed by atoms with Gasteiger partial charge >= 0.3 is 0 Å². The van der Waals surface area contributed by atoms with E-state index in [0.29, 0.717) is 18.7 Å². The molecule has 2 heterocycles. The van der Waals surface area contributed by atoms with Gasteiger partial charge in [0.25, 0.3) is 5.91 Å². The Morgan fingerprint density at radius 2 is 1.54 bits per heavy atom. The molecular weight excluding hydrogens is 432 g/mol. The van der Waals surface area contributed by atoms with E-state index in [-0.39, 0.29) is 5.91 Å². The second kappa shape index (κ2) is 9.94. The molecule has 0 unspecified atom stereocenters. The molecule has 3 aromatic carbocycles. The lowest BCUT2D eigenvalue weighted by Crippen LogP contribution is -2.22. The van der Waals surface area contributed by atoms with Gasteiger partial charge in [0, 0.05) is 37.5 Å². The van der Waals surface area contributed by atoms with Crippen LogP contribution in [-0.4, -0.2) is 20.4 Å². The number of carbonyl (C=O) groups excluding carboxylic acids is 1. The van der Waals surface area contributed by atoms with Crippen LogP contribution in [-0.2, 0) is 19.5 Å². The van der Waals surface area contributed by atoms with Crippen LogP contribution in [0.2, 0.25) is 0 Å². The highest BCUT2D eigenvalue weighted by atomic mass is 16.1. The molecule has 0 aliphatic carbocycles. The molecule has 5 aromatic rings. The summed E-state index contributed by atoms with van der Waals surface area (Å²) in [4.78, 5) is 21.6. The number of imidazole rings is 1. The summed E-state index contributed by atoms with van der Waals surface area (Å²) >= 11 is 0. The number of carbonyl (C=O) groups is 1. The second-order valence-corrected chi connectivity index (χ2v) is 8.94. The fourth-order valence-electron chi connectivity index (χ4n) is 4.25. The van der Waals surface area contributed by atoms with Gasteiger partial charge in [0.1, 0.15) is 5.82 Å². The number of aromatic nitrogens is 3. The van der Waals surface area contributed by atoms with Crippen molar-refractivity contribution in [3.05, 3.63) is 130 Å². The number of nitrogens with zero attached hydrogens (tertiary/aromatic N) is 3. The zero-order valence-corrected chi connectivity index (χ0v) is 20.0. The maximum Gasteiger partial charge on any atom is 0.251 e. The third-order valence-electron chi connectivity index (χ3n) is 6.41. The van der Waals surface area contributed by atoms with E-state index in [1.165, 1.54) is 16.7 Å². The lowest BCUT2D eigenvalue weighted by molar-refractivity contribution is 0.0951. The second-order valence-electron chi connectivity index (χ2n) is 8.94. The van der Waals surface area contributed by atoms with Crippen LogP contribution >= 0.6 is 0 Å². The molecule has 1 N–H and O–H groups in total. The van der Waals surface area contributed by atoms with Gasteiger partial charge in [0.15, 0.2) is 0 Å². The van der Waals surface area contributed by atoms with Crippen molar-refractivity contribution in [2.75, 3.05) is 0 Å². The number of hydrogen-bond donors (Lipinski definition) is 1. The minimum absolute atomic E-state index is 0.0858. The Labute approximate surface area is 205 Å². The number of pyridine rings is 1. The van der Waals surface area contributed by atoms with Gasteiger partial charge in [-0.3, -0.25) is 9.78 Å². The first-order valence-electron chi connectivity index (χ1n) is 11.8. The van der Waals surface area contributed by atoms with Crippen molar-refractivity contribution in [3.63, 3.8) is 0 Å². The molecule has 0 aliphatic heterocycles. The van der Waals surface area contributed by atoms with Gasteiger partial charge in [0.05, 0.1) is 11.0 Å². The summed E-state index contributed by atoms with van der Waals surface area (Å²) in [5, 5.41) is 2.97. The predicted octanol–water partition coefficient (Wildman–Crippen LogP) is 5.62. The highest BCUT2D eigenvalue weighted by Gasteiger charge is 2.14. The number of aryl methyl sites for hydroxylation is 2. The predicted molar refractivity (Wildman–Crippen MR) is 139 cm³/mol. The summed E-state index contributed by atoms with van der Waals surface area (Å²) in [6.45, 7) is 5.44. The van der Waals surface area contributed by atoms with Crippen LogP contribution in [0, 0.1) is 13.8 Å². The van der Waals surface area contributed by atoms with Gasteiger partial charge in [-0.15, -0.1) is 0 Å². The molecule has 5 nitrogen and oxygen atoms in total. The highest BCUT2D eigenvalue weighted by molar-refractivity contribution is 5.94. The zero-order chi connectivity index (χ0) is 24.2. The van der Waals surface area contributed by atoms with Gasteiger partial charge in [0.2, 0.25) is 0 Å². The van der Waals surface area contributed by atoms with E-state index < -0.39 is 0 Å². The summed E-state index contributed by atoms with van der Waals surface area (Å²) in [6, 6.07) is 26.5. The maximum absolute atomic E-state index is 12.6. The van der Waals surface area contributed by atoms with E-state index >= 15 is 0 Å². The average molecular weight is 461 g/mol. The Morgan fingerprint density at radius 1 is 0.829 bits per heavy atom. The van der Waals surface area contributed by atoms with Gasteiger partial charge in [-0.2, -0.15) is 0 Å². The third kappa shape index (κ3) is 5.14. The molecule has 174 valence electrons. The van der Waals surface area contributed by atoms with E-state index in [9.17, 15) is 4.79 Å². The summed E-state index contributed by atoms with van der Waals surface area (Å²) in [7, 11) is 0. The number of fused-ring (bicyclic) bond motifs is 1. The Bertz CT molecular complexity index is 1460. The topological polar surface area (TPSA) is 59.8 Å². The SMILES string of the molecule is Cc1cc2nc(Cc3ccccc3)n(Cc3ccc(C(=O)NCc4ccncc4)cc3)c2cc1C. The van der Waals surface area contributed by atoms with Crippen LogP contribution in [0.25, 0.3) is 11.0 Å². The lowest BCUT2D eigenvalue weighted by atomic mass is 10.1. The molecular formula is C30H28N4O. The van der Waals surface area contributed by atoms with Crippen molar-refractivity contribution in [1.82, 2.24) is 19.9 Å². The van der Waals surface area contributed by atoms with Crippen molar-refractivity contribution in [2.45, 2.75) is 33.4 Å². The quantitative estimate of drug-likeness (QED) is 0.343. The van der Waals surface area contributed by atoms with Crippen molar-refractivity contribution in [2.24, 2.45) is 0 Å². The monoisotopic (exact) mass is 460 g/mol. The van der Waals surface area contributed by atoms with Crippen LogP contribution in [0.3, 0.4) is 0 Å². The summed E-state index contributed by atoms with van der Waals surface area (Å²) in [5.41, 5.74) is 8.69. The molecule has 0 saturated heterocycles. The Hall–Kier alpha value is -4.25. The Morgan fingerprint density at radius 3 is 2.29 bits per heavy atom. The molecule has 0 aliphatic rings. The molecule has 5 rings (SSSR count). The van der Waals surface area contributed by atoms with Crippen molar-refractivity contribution in [3.8, 4) is 0 Å². The molecule has 0 saturated carbocycles. The Balaban J connectivity index is 1.38. The van der Waals surface area contributed by atoms with Gasteiger partial charge < -0.3 is 9.88 Å². The number of rotatable bonds is 7. The fourth-order valence-corrected chi connectivity index (χ4v) is 4.25. The third-order valence-corrected chi connectivity index (χ3v) is 6.41. The van der Waals surface area contributed by atoms with Crippen LogP contribution in [0.15, 0.2) is 91.3 Å². The fraction of sp³-hybridized carbons (Fsp3) is 0.167.